The van der Waals surface area contributed by atoms with E-state index in [4.69, 9.17) is 30.5 Å². The van der Waals surface area contributed by atoms with Gasteiger partial charge in [0.05, 0.1) is 26.9 Å². The molecule has 0 unspecified atom stereocenters. The number of nitrogens with zero attached hydrogens (tertiary/aromatic N) is 1. The molecule has 0 aliphatic rings. The van der Waals surface area contributed by atoms with Gasteiger partial charge >= 0.3 is 5.97 Å². The smallest absolute Gasteiger partial charge is 0.341 e. The monoisotopic (exact) mass is 365 g/mol. The molecule has 0 saturated carbocycles. The molecule has 2 aromatic rings. The molecule has 7 nitrogen and oxygen atoms in total. The Morgan fingerprint density at radius 1 is 1.08 bits per heavy atom. The van der Waals surface area contributed by atoms with Gasteiger partial charge in [0, 0.05) is 11.8 Å². The van der Waals surface area contributed by atoms with Gasteiger partial charge in [0.1, 0.15) is 5.15 Å². The highest BCUT2D eigenvalue weighted by Crippen LogP contribution is 2.38. The lowest BCUT2D eigenvalue weighted by atomic mass is 10.1. The summed E-state index contributed by atoms with van der Waals surface area (Å²) in [6.45, 7) is -0.470. The molecule has 0 saturated heterocycles. The number of ether oxygens (including phenoxy) is 4. The maximum Gasteiger partial charge on any atom is 0.341 e. The first-order chi connectivity index (χ1) is 12.0. The van der Waals surface area contributed by atoms with E-state index in [2.05, 4.69) is 4.98 Å². The van der Waals surface area contributed by atoms with E-state index in [0.29, 0.717) is 17.2 Å². The molecule has 0 fully saturated rings. The Hall–Kier alpha value is -2.80. The van der Waals surface area contributed by atoms with E-state index in [1.165, 1.54) is 45.7 Å². The number of pyridine rings is 1. The number of ketones is 1. The Morgan fingerprint density at radius 3 is 2.24 bits per heavy atom. The van der Waals surface area contributed by atoms with Gasteiger partial charge in [0.2, 0.25) is 11.5 Å². The summed E-state index contributed by atoms with van der Waals surface area (Å²) in [7, 11) is 4.34. The number of hydrogen-bond donors (Lipinski definition) is 0. The fourth-order valence-corrected chi connectivity index (χ4v) is 2.27. The van der Waals surface area contributed by atoms with E-state index >= 15 is 0 Å². The summed E-state index contributed by atoms with van der Waals surface area (Å²) in [5.74, 6) is -0.161. The number of esters is 1. The van der Waals surface area contributed by atoms with Crippen LogP contribution < -0.4 is 14.2 Å². The molecule has 0 bridgehead atoms. The molecule has 0 atom stereocenters. The number of aromatic nitrogens is 1. The number of Topliss-reactive ketones (excluding diaryl/α,β-unsaturated/α-hetero) is 1. The lowest BCUT2D eigenvalue weighted by Gasteiger charge is -2.13. The third kappa shape index (κ3) is 4.19. The quantitative estimate of drug-likeness (QED) is 0.423. The molecule has 0 spiro atoms. The minimum atomic E-state index is -0.737. The highest BCUT2D eigenvalue weighted by molar-refractivity contribution is 6.32. The summed E-state index contributed by atoms with van der Waals surface area (Å²) in [5.41, 5.74) is 0.335. The molecule has 0 aliphatic heterocycles. The molecular formula is C17H16ClNO6. The lowest BCUT2D eigenvalue weighted by molar-refractivity contribution is 0.0474. The van der Waals surface area contributed by atoms with Crippen LogP contribution >= 0.6 is 11.6 Å². The second-order valence-electron chi connectivity index (χ2n) is 4.76. The maximum atomic E-state index is 12.3. The van der Waals surface area contributed by atoms with Crippen molar-refractivity contribution in [1.29, 1.82) is 0 Å². The zero-order valence-corrected chi connectivity index (χ0v) is 14.6. The van der Waals surface area contributed by atoms with Crippen LogP contribution in [0.15, 0.2) is 30.5 Å². The van der Waals surface area contributed by atoms with Crippen molar-refractivity contribution in [3.63, 3.8) is 0 Å². The molecule has 0 aliphatic carbocycles. The molecule has 2 rings (SSSR count). The maximum absolute atomic E-state index is 12.3. The predicted octanol–water partition coefficient (Wildman–Crippen LogP) is 2.80. The van der Waals surface area contributed by atoms with Crippen LogP contribution in [-0.2, 0) is 4.74 Å². The Morgan fingerprint density at radius 2 is 1.72 bits per heavy atom. The highest BCUT2D eigenvalue weighted by Gasteiger charge is 2.19. The van der Waals surface area contributed by atoms with Crippen molar-refractivity contribution in [3.05, 3.63) is 46.7 Å². The molecule has 1 aromatic carbocycles. The zero-order chi connectivity index (χ0) is 18.4. The van der Waals surface area contributed by atoms with Gasteiger partial charge in [0.25, 0.3) is 0 Å². The molecular weight excluding hydrogens is 350 g/mol. The number of methoxy groups -OCH3 is 3. The normalized spacial score (nSPS) is 10.1. The average Bonchev–Trinajstić information content (AvgIpc) is 2.64. The zero-order valence-electron chi connectivity index (χ0n) is 13.9. The standard InChI is InChI=1S/C17H16ClNO6/c1-22-13-7-10(8-14(23-2)15(13)24-3)12(20)9-25-17(21)11-5-4-6-19-16(11)18/h4-8H,9H2,1-3H3. The summed E-state index contributed by atoms with van der Waals surface area (Å²) in [6.07, 6.45) is 1.44. The van der Waals surface area contributed by atoms with E-state index in [1.807, 2.05) is 0 Å². The first-order valence-electron chi connectivity index (χ1n) is 7.12. The van der Waals surface area contributed by atoms with Gasteiger partial charge < -0.3 is 18.9 Å². The fraction of sp³-hybridized carbons (Fsp3) is 0.235. The summed E-state index contributed by atoms with van der Waals surface area (Å²) in [6, 6.07) is 5.97. The number of benzene rings is 1. The molecule has 0 amide bonds. The van der Waals surface area contributed by atoms with E-state index in [-0.39, 0.29) is 16.3 Å². The molecule has 8 heteroatoms. The second-order valence-corrected chi connectivity index (χ2v) is 5.11. The number of carbonyl (C=O) groups is 2. The van der Waals surface area contributed by atoms with Crippen molar-refractivity contribution in [2.24, 2.45) is 0 Å². The average molecular weight is 366 g/mol. The molecule has 25 heavy (non-hydrogen) atoms. The summed E-state index contributed by atoms with van der Waals surface area (Å²) in [4.78, 5) is 28.1. The minimum absolute atomic E-state index is 0.00716. The molecule has 1 aromatic heterocycles. The van der Waals surface area contributed by atoms with Crippen LogP contribution in [0.25, 0.3) is 0 Å². The van der Waals surface area contributed by atoms with E-state index in [0.717, 1.165) is 0 Å². The topological polar surface area (TPSA) is 84.0 Å². The van der Waals surface area contributed by atoms with Crippen LogP contribution in [-0.4, -0.2) is 44.7 Å². The molecule has 0 N–H and O–H groups in total. The van der Waals surface area contributed by atoms with E-state index < -0.39 is 18.4 Å². The van der Waals surface area contributed by atoms with Crippen LogP contribution in [0, 0.1) is 0 Å². The van der Waals surface area contributed by atoms with Crippen molar-refractivity contribution in [3.8, 4) is 17.2 Å². The second kappa shape index (κ2) is 8.34. The van der Waals surface area contributed by atoms with Crippen LogP contribution in [0.2, 0.25) is 5.15 Å². The largest absolute Gasteiger partial charge is 0.493 e. The van der Waals surface area contributed by atoms with Gasteiger partial charge in [-0.05, 0) is 24.3 Å². The van der Waals surface area contributed by atoms with E-state index in [9.17, 15) is 9.59 Å². The predicted molar refractivity (Wildman–Crippen MR) is 90.0 cm³/mol. The number of halogens is 1. The Bertz CT molecular complexity index is 767. The number of carbonyl (C=O) groups excluding carboxylic acids is 2. The fourth-order valence-electron chi connectivity index (χ4n) is 2.07. The lowest BCUT2D eigenvalue weighted by Crippen LogP contribution is -2.15. The summed E-state index contributed by atoms with van der Waals surface area (Å²) < 4.78 is 20.6. The minimum Gasteiger partial charge on any atom is -0.493 e. The summed E-state index contributed by atoms with van der Waals surface area (Å²) in [5, 5.41) is 0.00716. The van der Waals surface area contributed by atoms with Crippen LogP contribution in [0.5, 0.6) is 17.2 Å². The Labute approximate surface area is 149 Å². The third-order valence-corrected chi connectivity index (χ3v) is 3.60. The molecule has 1 heterocycles. The Kier molecular flexibility index (Phi) is 6.19. The third-order valence-electron chi connectivity index (χ3n) is 3.30. The van der Waals surface area contributed by atoms with Gasteiger partial charge in [0.15, 0.2) is 18.1 Å². The van der Waals surface area contributed by atoms with Crippen molar-refractivity contribution >= 4 is 23.4 Å². The number of rotatable bonds is 7. The van der Waals surface area contributed by atoms with Crippen LogP contribution in [0.3, 0.4) is 0 Å². The SMILES string of the molecule is COc1cc(C(=O)COC(=O)c2cccnc2Cl)cc(OC)c1OC. The van der Waals surface area contributed by atoms with Crippen molar-refractivity contribution < 1.29 is 28.5 Å². The molecule has 132 valence electrons. The summed E-state index contributed by atoms with van der Waals surface area (Å²) >= 11 is 5.82. The van der Waals surface area contributed by atoms with Gasteiger partial charge in [-0.15, -0.1) is 0 Å². The van der Waals surface area contributed by atoms with Crippen LogP contribution in [0.1, 0.15) is 20.7 Å². The molecule has 0 radical (unpaired) electrons. The van der Waals surface area contributed by atoms with Crippen molar-refractivity contribution in [2.75, 3.05) is 27.9 Å². The van der Waals surface area contributed by atoms with Gasteiger partial charge in [-0.25, -0.2) is 9.78 Å². The van der Waals surface area contributed by atoms with Gasteiger partial charge in [-0.3, -0.25) is 4.79 Å². The van der Waals surface area contributed by atoms with Gasteiger partial charge in [-0.2, -0.15) is 0 Å². The van der Waals surface area contributed by atoms with Crippen LogP contribution in [0.4, 0.5) is 0 Å². The highest BCUT2D eigenvalue weighted by atomic mass is 35.5. The van der Waals surface area contributed by atoms with E-state index in [1.54, 1.807) is 6.07 Å². The van der Waals surface area contributed by atoms with Gasteiger partial charge in [-0.1, -0.05) is 11.6 Å². The first-order valence-corrected chi connectivity index (χ1v) is 7.50. The number of hydrogen-bond acceptors (Lipinski definition) is 7. The first kappa shape index (κ1) is 18.5. The van der Waals surface area contributed by atoms with Crippen molar-refractivity contribution in [1.82, 2.24) is 4.98 Å². The van der Waals surface area contributed by atoms with Crippen molar-refractivity contribution in [2.45, 2.75) is 0 Å². The Balaban J connectivity index is 2.16.